The first-order valence-corrected chi connectivity index (χ1v) is 5.41. The van der Waals surface area contributed by atoms with Crippen LogP contribution in [-0.2, 0) is 4.79 Å². The number of allylic oxidation sites excluding steroid dienone is 2. The zero-order chi connectivity index (χ0) is 12.6. The molecule has 0 aromatic heterocycles. The summed E-state index contributed by atoms with van der Waals surface area (Å²) in [5, 5.41) is 2.73. The molecule has 0 radical (unpaired) electrons. The first-order valence-electron chi connectivity index (χ1n) is 5.41. The van der Waals surface area contributed by atoms with E-state index in [9.17, 15) is 13.6 Å². The number of carbonyl (C=O) groups excluding carboxylic acids is 1. The molecule has 1 aromatic carbocycles. The predicted octanol–water partition coefficient (Wildman–Crippen LogP) is 2.86. The molecule has 0 spiro atoms. The molecule has 1 aliphatic rings. The van der Waals surface area contributed by atoms with Crippen molar-refractivity contribution in [3.8, 4) is 0 Å². The Morgan fingerprint density at radius 2 is 1.94 bits per heavy atom. The molecule has 0 fully saturated rings. The van der Waals surface area contributed by atoms with Gasteiger partial charge >= 0.3 is 0 Å². The average Bonchev–Trinajstić information content (AvgIpc) is 2.27. The van der Waals surface area contributed by atoms with Gasteiger partial charge in [0, 0.05) is 18.0 Å². The summed E-state index contributed by atoms with van der Waals surface area (Å²) in [6.07, 6.45) is 0.272. The lowest BCUT2D eigenvalue weighted by Gasteiger charge is -2.25. The fourth-order valence-corrected chi connectivity index (χ4v) is 2.06. The lowest BCUT2D eigenvalue weighted by molar-refractivity contribution is -0.121. The van der Waals surface area contributed by atoms with Crippen LogP contribution in [0.25, 0.3) is 0 Å². The minimum absolute atomic E-state index is 0.0946. The number of benzene rings is 1. The van der Waals surface area contributed by atoms with Gasteiger partial charge in [-0.05, 0) is 37.1 Å². The van der Waals surface area contributed by atoms with Crippen molar-refractivity contribution < 1.29 is 13.6 Å². The van der Waals surface area contributed by atoms with Crippen LogP contribution in [0.4, 0.5) is 8.78 Å². The van der Waals surface area contributed by atoms with Crippen LogP contribution in [0.5, 0.6) is 0 Å². The van der Waals surface area contributed by atoms with E-state index in [1.165, 1.54) is 6.07 Å². The predicted molar refractivity (Wildman–Crippen MR) is 60.2 cm³/mol. The number of rotatable bonds is 1. The van der Waals surface area contributed by atoms with Crippen molar-refractivity contribution in [2.24, 2.45) is 0 Å². The van der Waals surface area contributed by atoms with Crippen LogP contribution >= 0.6 is 0 Å². The van der Waals surface area contributed by atoms with Gasteiger partial charge < -0.3 is 5.32 Å². The largest absolute Gasteiger partial charge is 0.330 e. The molecule has 0 bridgehead atoms. The minimum Gasteiger partial charge on any atom is -0.330 e. The van der Waals surface area contributed by atoms with Gasteiger partial charge in [-0.25, -0.2) is 8.78 Å². The summed E-state index contributed by atoms with van der Waals surface area (Å²) in [5.41, 5.74) is 2.40. The van der Waals surface area contributed by atoms with Crippen molar-refractivity contribution in [2.75, 3.05) is 0 Å². The Morgan fingerprint density at radius 1 is 1.24 bits per heavy atom. The standard InChI is InChI=1S/C13H13F2NO/c1-7-8(2)16-13(17)6-10(7)9-3-4-11(14)12(15)5-9/h3-5,10H,6H2,1-2H3,(H,16,17)/t10-/m1/s1. The SMILES string of the molecule is CC1=C(C)[C@H](c2ccc(F)c(F)c2)CC(=O)N1. The molecule has 2 nitrogen and oxygen atoms in total. The molecule has 90 valence electrons. The average molecular weight is 237 g/mol. The lowest BCUT2D eigenvalue weighted by Crippen LogP contribution is -2.30. The van der Waals surface area contributed by atoms with Gasteiger partial charge in [0.2, 0.25) is 5.91 Å². The number of halogens is 2. The van der Waals surface area contributed by atoms with Crippen molar-refractivity contribution in [2.45, 2.75) is 26.2 Å². The minimum atomic E-state index is -0.876. The molecule has 0 aliphatic carbocycles. The second-order valence-corrected chi connectivity index (χ2v) is 4.29. The smallest absolute Gasteiger partial charge is 0.225 e. The van der Waals surface area contributed by atoms with E-state index in [4.69, 9.17) is 0 Å². The monoisotopic (exact) mass is 237 g/mol. The molecule has 0 unspecified atom stereocenters. The van der Waals surface area contributed by atoms with E-state index < -0.39 is 11.6 Å². The molecule has 1 aliphatic heterocycles. The van der Waals surface area contributed by atoms with Crippen LogP contribution in [0.3, 0.4) is 0 Å². The van der Waals surface area contributed by atoms with Crippen LogP contribution in [0.2, 0.25) is 0 Å². The Labute approximate surface area is 98.3 Å². The molecule has 0 saturated heterocycles. The molecule has 17 heavy (non-hydrogen) atoms. The highest BCUT2D eigenvalue weighted by Crippen LogP contribution is 2.32. The summed E-state index contributed by atoms with van der Waals surface area (Å²) in [6.45, 7) is 3.69. The number of amides is 1. The Hall–Kier alpha value is -1.71. The molecule has 2 rings (SSSR count). The van der Waals surface area contributed by atoms with Crippen LogP contribution in [0.1, 0.15) is 31.7 Å². The van der Waals surface area contributed by atoms with E-state index in [1.807, 2.05) is 6.92 Å². The first kappa shape index (κ1) is 11.8. The third-order valence-corrected chi connectivity index (χ3v) is 3.18. The van der Waals surface area contributed by atoms with Crippen molar-refractivity contribution in [3.63, 3.8) is 0 Å². The summed E-state index contributed by atoms with van der Waals surface area (Å²) < 4.78 is 26.0. The van der Waals surface area contributed by atoms with E-state index in [0.717, 1.165) is 23.4 Å². The first-order chi connectivity index (χ1) is 7.99. The van der Waals surface area contributed by atoms with Gasteiger partial charge in [0.05, 0.1) is 0 Å². The number of hydrogen-bond acceptors (Lipinski definition) is 1. The molecular weight excluding hydrogens is 224 g/mol. The van der Waals surface area contributed by atoms with Crippen molar-refractivity contribution in [1.29, 1.82) is 0 Å². The summed E-state index contributed by atoms with van der Waals surface area (Å²) in [7, 11) is 0. The maximum atomic E-state index is 13.2. The third kappa shape index (κ3) is 2.20. The van der Waals surface area contributed by atoms with Crippen LogP contribution in [-0.4, -0.2) is 5.91 Å². The van der Waals surface area contributed by atoms with Gasteiger partial charge in [-0.1, -0.05) is 6.07 Å². The Kier molecular flexibility index (Phi) is 2.96. The van der Waals surface area contributed by atoms with E-state index in [2.05, 4.69) is 5.32 Å². The highest BCUT2D eigenvalue weighted by molar-refractivity contribution is 5.81. The summed E-state index contributed by atoms with van der Waals surface area (Å²) >= 11 is 0. The lowest BCUT2D eigenvalue weighted by atomic mass is 9.85. The van der Waals surface area contributed by atoms with Gasteiger partial charge in [-0.2, -0.15) is 0 Å². The summed E-state index contributed by atoms with van der Waals surface area (Å²) in [6, 6.07) is 3.79. The topological polar surface area (TPSA) is 29.1 Å². The van der Waals surface area contributed by atoms with Gasteiger partial charge in [-0.3, -0.25) is 4.79 Å². The van der Waals surface area contributed by atoms with E-state index in [0.29, 0.717) is 5.56 Å². The summed E-state index contributed by atoms with van der Waals surface area (Å²) in [4.78, 5) is 11.4. The fourth-order valence-electron chi connectivity index (χ4n) is 2.06. The van der Waals surface area contributed by atoms with E-state index in [1.54, 1.807) is 6.92 Å². The van der Waals surface area contributed by atoms with Gasteiger partial charge in [0.15, 0.2) is 11.6 Å². The van der Waals surface area contributed by atoms with Crippen LogP contribution < -0.4 is 5.32 Å². The van der Waals surface area contributed by atoms with Crippen LogP contribution in [0.15, 0.2) is 29.5 Å². The zero-order valence-electron chi connectivity index (χ0n) is 9.68. The fraction of sp³-hybridized carbons (Fsp3) is 0.308. The van der Waals surface area contributed by atoms with E-state index >= 15 is 0 Å². The van der Waals surface area contributed by atoms with Crippen molar-refractivity contribution in [1.82, 2.24) is 5.32 Å². The van der Waals surface area contributed by atoms with Gasteiger partial charge in [-0.15, -0.1) is 0 Å². The third-order valence-electron chi connectivity index (χ3n) is 3.18. The Balaban J connectivity index is 2.42. The number of nitrogens with one attached hydrogen (secondary N) is 1. The Morgan fingerprint density at radius 3 is 2.59 bits per heavy atom. The molecular formula is C13H13F2NO. The highest BCUT2D eigenvalue weighted by atomic mass is 19.2. The molecule has 0 saturated carbocycles. The van der Waals surface area contributed by atoms with E-state index in [-0.39, 0.29) is 18.2 Å². The molecule has 1 amide bonds. The molecule has 4 heteroatoms. The molecule has 1 N–H and O–H groups in total. The normalized spacial score (nSPS) is 20.5. The number of carbonyl (C=O) groups is 1. The molecule has 1 heterocycles. The second kappa shape index (κ2) is 4.28. The quantitative estimate of drug-likeness (QED) is 0.799. The zero-order valence-corrected chi connectivity index (χ0v) is 9.68. The van der Waals surface area contributed by atoms with Crippen molar-refractivity contribution >= 4 is 5.91 Å². The maximum absolute atomic E-state index is 13.2. The van der Waals surface area contributed by atoms with Gasteiger partial charge in [0.25, 0.3) is 0 Å². The second-order valence-electron chi connectivity index (χ2n) is 4.29. The Bertz CT molecular complexity index is 508. The van der Waals surface area contributed by atoms with Crippen molar-refractivity contribution in [3.05, 3.63) is 46.7 Å². The van der Waals surface area contributed by atoms with Crippen LogP contribution in [0, 0.1) is 11.6 Å². The van der Waals surface area contributed by atoms with Gasteiger partial charge in [0.1, 0.15) is 0 Å². The maximum Gasteiger partial charge on any atom is 0.225 e. The summed E-state index contributed by atoms with van der Waals surface area (Å²) in [5.74, 6) is -2.01. The highest BCUT2D eigenvalue weighted by Gasteiger charge is 2.25. The number of hydrogen-bond donors (Lipinski definition) is 1. The molecule has 1 aromatic rings. The molecule has 1 atom stereocenters.